The molecule has 1 unspecified atom stereocenters. The number of benzene rings is 3. The summed E-state index contributed by atoms with van der Waals surface area (Å²) in [7, 11) is -2.73. The SMILES string of the molecule is C[C@H](/C=C\C(OC(=O)c1ccccc1)[C@H]1OC(C)(C)O[C@H]1CCI)[C@H](C)O[Si](c1ccccc1)(c1ccccc1)C(C)(C)C. The van der Waals surface area contributed by atoms with Crippen molar-refractivity contribution in [3.05, 3.63) is 109 Å². The van der Waals surface area contributed by atoms with Crippen LogP contribution in [0.5, 0.6) is 0 Å². The third kappa shape index (κ3) is 8.09. The molecule has 0 N–H and O–H groups in total. The number of hydrogen-bond donors (Lipinski definition) is 0. The fourth-order valence-electron chi connectivity index (χ4n) is 5.97. The molecule has 236 valence electrons. The van der Waals surface area contributed by atoms with Gasteiger partial charge in [0.1, 0.15) is 12.2 Å². The van der Waals surface area contributed by atoms with Gasteiger partial charge in [-0.15, -0.1) is 0 Å². The lowest BCUT2D eigenvalue weighted by molar-refractivity contribution is -0.153. The first-order valence-corrected chi connectivity index (χ1v) is 19.0. The average molecular weight is 727 g/mol. The third-order valence-electron chi connectivity index (χ3n) is 8.32. The molecule has 5 nitrogen and oxygen atoms in total. The molecule has 3 aromatic carbocycles. The van der Waals surface area contributed by atoms with E-state index in [4.69, 9.17) is 18.6 Å². The van der Waals surface area contributed by atoms with Crippen molar-refractivity contribution in [1.82, 2.24) is 0 Å². The number of alkyl halides is 1. The quantitative estimate of drug-likeness (QED) is 0.0630. The minimum atomic E-state index is -2.73. The van der Waals surface area contributed by atoms with Crippen molar-refractivity contribution in [2.45, 2.75) is 90.1 Å². The Kier molecular flexibility index (Phi) is 11.7. The van der Waals surface area contributed by atoms with E-state index in [2.05, 4.69) is 124 Å². The maximum Gasteiger partial charge on any atom is 0.338 e. The zero-order valence-corrected chi connectivity index (χ0v) is 30.2. The molecule has 1 saturated heterocycles. The van der Waals surface area contributed by atoms with Crippen LogP contribution in [0.2, 0.25) is 5.04 Å². The summed E-state index contributed by atoms with van der Waals surface area (Å²) >= 11 is 2.35. The van der Waals surface area contributed by atoms with Gasteiger partial charge in [-0.3, -0.25) is 0 Å². The fourth-order valence-corrected chi connectivity index (χ4v) is 11.4. The molecular formula is C37H47IO5Si. The van der Waals surface area contributed by atoms with Gasteiger partial charge in [0.25, 0.3) is 8.32 Å². The normalized spacial score (nSPS) is 20.7. The van der Waals surface area contributed by atoms with Crippen LogP contribution in [0.25, 0.3) is 0 Å². The maximum absolute atomic E-state index is 13.3. The van der Waals surface area contributed by atoms with Crippen LogP contribution in [0.15, 0.2) is 103 Å². The second-order valence-electron chi connectivity index (χ2n) is 13.1. The summed E-state index contributed by atoms with van der Waals surface area (Å²) in [5.41, 5.74) is 0.506. The second-order valence-corrected chi connectivity index (χ2v) is 18.4. The third-order valence-corrected chi connectivity index (χ3v) is 14.1. The number of halogens is 1. The van der Waals surface area contributed by atoms with Crippen LogP contribution in [-0.2, 0) is 18.6 Å². The van der Waals surface area contributed by atoms with E-state index in [0.717, 1.165) is 10.8 Å². The smallest absolute Gasteiger partial charge is 0.338 e. The fraction of sp³-hybridized carbons (Fsp3) is 0.432. The highest BCUT2D eigenvalue weighted by Crippen LogP contribution is 2.39. The van der Waals surface area contributed by atoms with Gasteiger partial charge < -0.3 is 18.6 Å². The van der Waals surface area contributed by atoms with Crippen LogP contribution in [-0.4, -0.2) is 48.9 Å². The summed E-state index contributed by atoms with van der Waals surface area (Å²) in [5, 5.41) is 2.36. The average Bonchev–Trinajstić information content (AvgIpc) is 3.32. The minimum absolute atomic E-state index is 0.0212. The monoisotopic (exact) mass is 726 g/mol. The van der Waals surface area contributed by atoms with E-state index in [9.17, 15) is 4.79 Å². The maximum atomic E-state index is 13.3. The Bertz CT molecular complexity index is 1320. The summed E-state index contributed by atoms with van der Waals surface area (Å²) in [6, 6.07) is 30.5. The lowest BCUT2D eigenvalue weighted by Gasteiger charge is -2.45. The summed E-state index contributed by atoms with van der Waals surface area (Å²) in [4.78, 5) is 13.3. The lowest BCUT2D eigenvalue weighted by Crippen LogP contribution is -2.67. The number of esters is 1. The van der Waals surface area contributed by atoms with E-state index in [1.807, 2.05) is 38.1 Å². The van der Waals surface area contributed by atoms with Gasteiger partial charge in [-0.1, -0.05) is 135 Å². The highest BCUT2D eigenvalue weighted by atomic mass is 127. The molecule has 0 radical (unpaired) electrons. The van der Waals surface area contributed by atoms with Crippen molar-refractivity contribution in [2.75, 3.05) is 4.43 Å². The van der Waals surface area contributed by atoms with Gasteiger partial charge in [-0.25, -0.2) is 4.79 Å². The molecule has 1 aliphatic heterocycles. The minimum Gasteiger partial charge on any atom is -0.452 e. The highest BCUT2D eigenvalue weighted by Gasteiger charge is 2.51. The van der Waals surface area contributed by atoms with Crippen LogP contribution in [0.3, 0.4) is 0 Å². The Morgan fingerprint density at radius 3 is 1.91 bits per heavy atom. The molecular weight excluding hydrogens is 679 g/mol. The summed E-state index contributed by atoms with van der Waals surface area (Å²) in [6.45, 7) is 15.0. The zero-order chi connectivity index (χ0) is 32.0. The van der Waals surface area contributed by atoms with Gasteiger partial charge >= 0.3 is 5.97 Å². The molecule has 0 saturated carbocycles. The highest BCUT2D eigenvalue weighted by molar-refractivity contribution is 14.1. The Morgan fingerprint density at radius 2 is 1.41 bits per heavy atom. The molecule has 4 rings (SSSR count). The summed E-state index contributed by atoms with van der Waals surface area (Å²) in [5.74, 6) is -1.13. The molecule has 1 fully saturated rings. The van der Waals surface area contributed by atoms with E-state index < -0.39 is 26.3 Å². The van der Waals surface area contributed by atoms with Crippen LogP contribution in [0, 0.1) is 5.92 Å². The number of hydrogen-bond acceptors (Lipinski definition) is 5. The number of ether oxygens (including phenoxy) is 3. The van der Waals surface area contributed by atoms with E-state index in [-0.39, 0.29) is 29.1 Å². The van der Waals surface area contributed by atoms with Gasteiger partial charge in [0.2, 0.25) is 0 Å². The molecule has 0 aromatic heterocycles. The van der Waals surface area contributed by atoms with Crippen molar-refractivity contribution in [3.63, 3.8) is 0 Å². The molecule has 0 bridgehead atoms. The number of carbonyl (C=O) groups excluding carboxylic acids is 1. The van der Waals surface area contributed by atoms with Crippen molar-refractivity contribution in [3.8, 4) is 0 Å². The van der Waals surface area contributed by atoms with Gasteiger partial charge in [0, 0.05) is 10.5 Å². The predicted octanol–water partition coefficient (Wildman–Crippen LogP) is 7.71. The van der Waals surface area contributed by atoms with Gasteiger partial charge in [-0.05, 0) is 66.7 Å². The Morgan fingerprint density at radius 1 is 0.886 bits per heavy atom. The summed E-state index contributed by atoms with van der Waals surface area (Å²) < 4.78 is 27.0. The molecule has 0 amide bonds. The molecule has 7 heteroatoms. The topological polar surface area (TPSA) is 54.0 Å². The lowest BCUT2D eigenvalue weighted by atomic mass is 10.0. The standard InChI is InChI=1S/C37H47IO5Si/c1-27(28(2)43-44(36(3,4)5,30-19-13-9-14-20-30)31-21-15-10-16-22-31)23-24-32(40-35(39)29-17-11-8-12-18-29)34-33(25-26-38)41-37(6,7)42-34/h8-24,27-28,32-34H,25-26H2,1-7H3/b24-23-/t27-,28+,32?,33+,34-/m1/s1. The van der Waals surface area contributed by atoms with Crippen LogP contribution in [0.4, 0.5) is 0 Å². The van der Waals surface area contributed by atoms with Crippen molar-refractivity contribution >= 4 is 47.3 Å². The Balaban J connectivity index is 1.65. The molecule has 0 aliphatic carbocycles. The first-order chi connectivity index (χ1) is 20.9. The van der Waals surface area contributed by atoms with Crippen molar-refractivity contribution in [2.24, 2.45) is 5.92 Å². The van der Waals surface area contributed by atoms with Crippen LogP contribution in [0.1, 0.15) is 65.2 Å². The van der Waals surface area contributed by atoms with Crippen LogP contribution < -0.4 is 10.4 Å². The first-order valence-electron chi connectivity index (χ1n) is 15.5. The molecule has 44 heavy (non-hydrogen) atoms. The number of carbonyl (C=O) groups is 1. The van der Waals surface area contributed by atoms with Gasteiger partial charge in [0.05, 0.1) is 11.7 Å². The first kappa shape index (κ1) is 34.6. The predicted molar refractivity (Wildman–Crippen MR) is 189 cm³/mol. The van der Waals surface area contributed by atoms with E-state index in [1.54, 1.807) is 12.1 Å². The molecule has 1 heterocycles. The van der Waals surface area contributed by atoms with Gasteiger partial charge in [0.15, 0.2) is 5.79 Å². The molecule has 3 aromatic rings. The molecule has 5 atom stereocenters. The van der Waals surface area contributed by atoms with E-state index in [1.165, 1.54) is 10.4 Å². The van der Waals surface area contributed by atoms with E-state index in [0.29, 0.717) is 5.56 Å². The van der Waals surface area contributed by atoms with Crippen LogP contribution >= 0.6 is 22.6 Å². The Labute approximate surface area is 278 Å². The zero-order valence-electron chi connectivity index (χ0n) is 27.0. The van der Waals surface area contributed by atoms with Gasteiger partial charge in [-0.2, -0.15) is 0 Å². The largest absolute Gasteiger partial charge is 0.452 e. The second kappa shape index (κ2) is 14.9. The number of rotatable bonds is 12. The molecule has 0 spiro atoms. The van der Waals surface area contributed by atoms with E-state index >= 15 is 0 Å². The molecule has 1 aliphatic rings. The van der Waals surface area contributed by atoms with Crippen molar-refractivity contribution < 1.29 is 23.4 Å². The summed E-state index contributed by atoms with van der Waals surface area (Å²) in [6.07, 6.45) is 3.52. The Hall–Kier alpha value is -2.30. The van der Waals surface area contributed by atoms with Crippen molar-refractivity contribution in [1.29, 1.82) is 0 Å².